The summed E-state index contributed by atoms with van der Waals surface area (Å²) in [6.07, 6.45) is 1.38. The third-order valence-corrected chi connectivity index (χ3v) is 2.82. The molecular formula is C9H11FN2O3S. The minimum atomic E-state index is -2.00. The van der Waals surface area contributed by atoms with Gasteiger partial charge in [0.25, 0.3) is 5.56 Å². The summed E-state index contributed by atoms with van der Waals surface area (Å²) in [5, 5.41) is 8.81. The highest BCUT2D eigenvalue weighted by Gasteiger charge is 2.40. The van der Waals surface area contributed by atoms with E-state index in [4.69, 9.17) is 22.1 Å². The summed E-state index contributed by atoms with van der Waals surface area (Å²) < 4.78 is 20.3. The maximum Gasteiger partial charge on any atom is 0.251 e. The lowest BCUT2D eigenvalue weighted by Crippen LogP contribution is -2.27. The first-order chi connectivity index (χ1) is 7.54. The minimum absolute atomic E-state index is 0.106. The van der Waals surface area contributed by atoms with Crippen LogP contribution in [0.4, 0.5) is 4.39 Å². The van der Waals surface area contributed by atoms with Gasteiger partial charge in [-0.1, -0.05) is 0 Å². The quantitative estimate of drug-likeness (QED) is 0.760. The zero-order valence-corrected chi connectivity index (χ0v) is 9.17. The van der Waals surface area contributed by atoms with Gasteiger partial charge in [0.15, 0.2) is 4.77 Å². The number of aromatic nitrogens is 2. The van der Waals surface area contributed by atoms with Crippen LogP contribution in [0.2, 0.25) is 0 Å². The van der Waals surface area contributed by atoms with E-state index in [-0.39, 0.29) is 16.8 Å². The third-order valence-electron chi connectivity index (χ3n) is 2.51. The molecule has 1 fully saturated rings. The Hall–Kier alpha value is -1.05. The Morgan fingerprint density at radius 1 is 1.81 bits per heavy atom. The molecule has 0 bridgehead atoms. The molecule has 0 saturated carbocycles. The SMILES string of the molecule is O=c1ccn(C2CC[C@@](F)(CO)O2)c(=S)[nH]1. The smallest absolute Gasteiger partial charge is 0.251 e. The fourth-order valence-corrected chi connectivity index (χ4v) is 1.95. The van der Waals surface area contributed by atoms with Crippen molar-refractivity contribution in [2.24, 2.45) is 0 Å². The predicted octanol–water partition coefficient (Wildman–Crippen LogP) is 0.873. The largest absolute Gasteiger partial charge is 0.390 e. The van der Waals surface area contributed by atoms with Gasteiger partial charge in [-0.2, -0.15) is 0 Å². The van der Waals surface area contributed by atoms with Gasteiger partial charge in [0.05, 0.1) is 0 Å². The normalized spacial score (nSPS) is 29.5. The number of alkyl halides is 1. The maximum absolute atomic E-state index is 13.6. The Balaban J connectivity index is 2.27. The monoisotopic (exact) mass is 246 g/mol. The van der Waals surface area contributed by atoms with Gasteiger partial charge >= 0.3 is 0 Å². The number of halogens is 1. The summed E-state index contributed by atoms with van der Waals surface area (Å²) in [5.74, 6) is -2.00. The van der Waals surface area contributed by atoms with E-state index in [2.05, 4.69) is 4.98 Å². The van der Waals surface area contributed by atoms with Crippen molar-refractivity contribution in [1.29, 1.82) is 0 Å². The topological polar surface area (TPSA) is 67.2 Å². The van der Waals surface area contributed by atoms with Gasteiger partial charge in [0.1, 0.15) is 12.8 Å². The molecule has 16 heavy (non-hydrogen) atoms. The highest BCUT2D eigenvalue weighted by molar-refractivity contribution is 7.71. The summed E-state index contributed by atoms with van der Waals surface area (Å²) in [6.45, 7) is -0.680. The van der Waals surface area contributed by atoms with Crippen LogP contribution < -0.4 is 5.56 Å². The molecule has 2 rings (SSSR count). The van der Waals surface area contributed by atoms with Crippen molar-refractivity contribution in [2.75, 3.05) is 6.61 Å². The molecule has 1 aliphatic heterocycles. The van der Waals surface area contributed by atoms with Crippen LogP contribution >= 0.6 is 12.2 Å². The van der Waals surface area contributed by atoms with Crippen LogP contribution in [0, 0.1) is 4.77 Å². The molecule has 2 atom stereocenters. The summed E-state index contributed by atoms with van der Waals surface area (Å²) in [4.78, 5) is 13.4. The van der Waals surface area contributed by atoms with Crippen LogP contribution in [0.15, 0.2) is 17.1 Å². The second-order valence-electron chi connectivity index (χ2n) is 3.67. The van der Waals surface area contributed by atoms with Crippen molar-refractivity contribution in [3.05, 3.63) is 27.4 Å². The number of nitrogens with zero attached hydrogens (tertiary/aromatic N) is 1. The molecule has 7 heteroatoms. The summed E-state index contributed by atoms with van der Waals surface area (Å²) in [6, 6.07) is 1.29. The van der Waals surface area contributed by atoms with E-state index >= 15 is 0 Å². The first-order valence-corrected chi connectivity index (χ1v) is 5.24. The van der Waals surface area contributed by atoms with E-state index < -0.39 is 18.7 Å². The standard InChI is InChI=1S/C9H11FN2O3S/c10-9(5-13)3-1-7(15-9)12-4-2-6(14)11-8(12)16/h2,4,7,13H,1,3,5H2,(H,11,14,16)/t7?,9-/m0/s1. The van der Waals surface area contributed by atoms with Crippen LogP contribution in [0.1, 0.15) is 19.1 Å². The second kappa shape index (κ2) is 4.08. The van der Waals surface area contributed by atoms with E-state index in [0.717, 1.165) is 0 Å². The predicted molar refractivity (Wildman–Crippen MR) is 56.2 cm³/mol. The van der Waals surface area contributed by atoms with Crippen molar-refractivity contribution in [3.8, 4) is 0 Å². The summed E-state index contributed by atoms with van der Waals surface area (Å²) in [5.41, 5.74) is -0.312. The molecule has 0 aromatic carbocycles. The Labute approximate surface area is 95.5 Å². The minimum Gasteiger partial charge on any atom is -0.390 e. The summed E-state index contributed by atoms with van der Waals surface area (Å²) >= 11 is 4.93. The Morgan fingerprint density at radius 3 is 3.12 bits per heavy atom. The van der Waals surface area contributed by atoms with E-state index in [1.807, 2.05) is 0 Å². The molecule has 0 aliphatic carbocycles. The van der Waals surface area contributed by atoms with Crippen molar-refractivity contribution in [1.82, 2.24) is 9.55 Å². The lowest BCUT2D eigenvalue weighted by atomic mass is 10.2. The Morgan fingerprint density at radius 2 is 2.56 bits per heavy atom. The molecule has 1 aromatic heterocycles. The van der Waals surface area contributed by atoms with E-state index in [1.165, 1.54) is 16.8 Å². The number of aliphatic hydroxyl groups excluding tert-OH is 1. The van der Waals surface area contributed by atoms with Gasteiger partial charge in [-0.3, -0.25) is 14.3 Å². The highest BCUT2D eigenvalue weighted by atomic mass is 32.1. The van der Waals surface area contributed by atoms with Crippen molar-refractivity contribution >= 4 is 12.2 Å². The molecule has 1 unspecified atom stereocenters. The van der Waals surface area contributed by atoms with Crippen molar-refractivity contribution < 1.29 is 14.2 Å². The van der Waals surface area contributed by atoms with Crippen LogP contribution in [0.3, 0.4) is 0 Å². The fourth-order valence-electron chi connectivity index (χ4n) is 1.67. The van der Waals surface area contributed by atoms with Gasteiger partial charge in [-0.25, -0.2) is 4.39 Å². The molecule has 88 valence electrons. The van der Waals surface area contributed by atoms with E-state index in [1.54, 1.807) is 0 Å². The van der Waals surface area contributed by atoms with Crippen molar-refractivity contribution in [2.45, 2.75) is 24.9 Å². The zero-order valence-electron chi connectivity index (χ0n) is 8.35. The first kappa shape index (κ1) is 11.4. The van der Waals surface area contributed by atoms with E-state index in [0.29, 0.717) is 6.42 Å². The molecule has 0 amide bonds. The van der Waals surface area contributed by atoms with Crippen LogP contribution in [-0.2, 0) is 4.74 Å². The Kier molecular flexibility index (Phi) is 2.92. The molecule has 1 aliphatic rings. The number of hydrogen-bond acceptors (Lipinski definition) is 4. The average Bonchev–Trinajstić information content (AvgIpc) is 2.62. The number of aliphatic hydroxyl groups is 1. The zero-order chi connectivity index (χ0) is 11.8. The highest BCUT2D eigenvalue weighted by Crippen LogP contribution is 2.36. The van der Waals surface area contributed by atoms with Gasteiger partial charge < -0.3 is 9.84 Å². The summed E-state index contributed by atoms with van der Waals surface area (Å²) in [7, 11) is 0. The molecular weight excluding hydrogens is 235 g/mol. The molecule has 2 heterocycles. The van der Waals surface area contributed by atoms with Gasteiger partial charge in [0, 0.05) is 18.7 Å². The average molecular weight is 246 g/mol. The number of aromatic amines is 1. The van der Waals surface area contributed by atoms with Crippen LogP contribution in [0.5, 0.6) is 0 Å². The maximum atomic E-state index is 13.6. The number of ether oxygens (including phenoxy) is 1. The van der Waals surface area contributed by atoms with Gasteiger partial charge in [-0.05, 0) is 18.6 Å². The lowest BCUT2D eigenvalue weighted by Gasteiger charge is -2.19. The second-order valence-corrected chi connectivity index (χ2v) is 4.06. The van der Waals surface area contributed by atoms with Crippen LogP contribution in [0.25, 0.3) is 0 Å². The molecule has 2 N–H and O–H groups in total. The van der Waals surface area contributed by atoms with Crippen LogP contribution in [-0.4, -0.2) is 27.1 Å². The number of hydrogen-bond donors (Lipinski definition) is 2. The molecule has 1 aromatic rings. The first-order valence-electron chi connectivity index (χ1n) is 4.83. The van der Waals surface area contributed by atoms with Crippen molar-refractivity contribution in [3.63, 3.8) is 0 Å². The Bertz CT molecular complexity index is 500. The van der Waals surface area contributed by atoms with Gasteiger partial charge in [0.2, 0.25) is 5.85 Å². The lowest BCUT2D eigenvalue weighted by molar-refractivity contribution is -0.177. The molecule has 0 spiro atoms. The molecule has 1 saturated heterocycles. The van der Waals surface area contributed by atoms with Gasteiger partial charge in [-0.15, -0.1) is 0 Å². The third kappa shape index (κ3) is 2.06. The molecule has 5 nitrogen and oxygen atoms in total. The van der Waals surface area contributed by atoms with E-state index in [9.17, 15) is 9.18 Å². The number of nitrogens with one attached hydrogen (secondary N) is 1. The molecule has 0 radical (unpaired) electrons. The number of H-pyrrole nitrogens is 1. The number of rotatable bonds is 2. The fraction of sp³-hybridized carbons (Fsp3) is 0.556.